The third kappa shape index (κ3) is 1.99. The maximum absolute atomic E-state index is 4.48. The Morgan fingerprint density at radius 2 is 1.94 bits per heavy atom. The molecule has 0 aliphatic carbocycles. The highest BCUT2D eigenvalue weighted by Crippen LogP contribution is 2.25. The number of rotatable bonds is 2. The van der Waals surface area contributed by atoms with Crippen LogP contribution in [-0.4, -0.2) is 9.78 Å². The van der Waals surface area contributed by atoms with E-state index in [1.165, 1.54) is 5.56 Å². The van der Waals surface area contributed by atoms with Crippen LogP contribution in [0, 0.1) is 0 Å². The molecule has 90 valence electrons. The van der Waals surface area contributed by atoms with E-state index in [1.54, 1.807) is 0 Å². The van der Waals surface area contributed by atoms with Crippen LogP contribution in [0.25, 0.3) is 16.6 Å². The standard InChI is InChI=1S/C14H10Br2N2/c15-8-11-7-12(16)5-6-14(11)18-13-4-2-1-3-10(13)9-17-18/h1-7,9H,8H2. The van der Waals surface area contributed by atoms with Crippen LogP contribution in [-0.2, 0) is 5.33 Å². The molecule has 0 fully saturated rings. The summed E-state index contributed by atoms with van der Waals surface area (Å²) >= 11 is 7.03. The van der Waals surface area contributed by atoms with Crippen LogP contribution in [0.3, 0.4) is 0 Å². The minimum Gasteiger partial charge on any atom is -0.233 e. The van der Waals surface area contributed by atoms with E-state index in [2.05, 4.69) is 61.2 Å². The second-order valence-corrected chi connectivity index (χ2v) is 5.50. The van der Waals surface area contributed by atoms with E-state index < -0.39 is 0 Å². The molecule has 2 aromatic carbocycles. The topological polar surface area (TPSA) is 17.8 Å². The average molecular weight is 366 g/mol. The Balaban J connectivity index is 2.26. The molecule has 0 saturated heterocycles. The van der Waals surface area contributed by atoms with E-state index in [4.69, 9.17) is 0 Å². The number of fused-ring (bicyclic) bond motifs is 1. The van der Waals surface area contributed by atoms with Crippen LogP contribution in [0.2, 0.25) is 0 Å². The van der Waals surface area contributed by atoms with Crippen molar-refractivity contribution in [2.45, 2.75) is 5.33 Å². The van der Waals surface area contributed by atoms with Crippen molar-refractivity contribution in [3.8, 4) is 5.69 Å². The van der Waals surface area contributed by atoms with Crippen LogP contribution in [0.5, 0.6) is 0 Å². The SMILES string of the molecule is BrCc1cc(Br)ccc1-n1ncc2ccccc21. The Kier molecular flexibility index (Phi) is 3.22. The van der Waals surface area contributed by atoms with Gasteiger partial charge in [-0.05, 0) is 29.8 Å². The zero-order valence-electron chi connectivity index (χ0n) is 9.48. The van der Waals surface area contributed by atoms with Gasteiger partial charge in [-0.15, -0.1) is 0 Å². The van der Waals surface area contributed by atoms with Gasteiger partial charge in [0.05, 0.1) is 17.4 Å². The molecule has 0 aliphatic heterocycles. The molecule has 0 atom stereocenters. The Morgan fingerprint density at radius 1 is 1.11 bits per heavy atom. The number of benzene rings is 2. The molecule has 0 aliphatic rings. The highest BCUT2D eigenvalue weighted by Gasteiger charge is 2.08. The third-order valence-corrected chi connectivity index (χ3v) is 3.99. The maximum Gasteiger partial charge on any atom is 0.0741 e. The molecule has 0 N–H and O–H groups in total. The van der Waals surface area contributed by atoms with E-state index in [0.29, 0.717) is 0 Å². The molecule has 3 aromatic rings. The number of halogens is 2. The second-order valence-electron chi connectivity index (χ2n) is 4.02. The molecule has 0 bridgehead atoms. The monoisotopic (exact) mass is 364 g/mol. The number of alkyl halides is 1. The summed E-state index contributed by atoms with van der Waals surface area (Å²) in [6, 6.07) is 14.5. The zero-order chi connectivity index (χ0) is 12.5. The second kappa shape index (κ2) is 4.86. The lowest BCUT2D eigenvalue weighted by molar-refractivity contribution is 0.901. The predicted octanol–water partition coefficient (Wildman–Crippen LogP) is 4.68. The fraction of sp³-hybridized carbons (Fsp3) is 0.0714. The summed E-state index contributed by atoms with van der Waals surface area (Å²) < 4.78 is 3.07. The van der Waals surface area contributed by atoms with Crippen LogP contribution < -0.4 is 0 Å². The van der Waals surface area contributed by atoms with Crippen molar-refractivity contribution in [1.29, 1.82) is 0 Å². The minimum absolute atomic E-state index is 0.802. The van der Waals surface area contributed by atoms with Crippen molar-refractivity contribution >= 4 is 42.8 Å². The summed E-state index contributed by atoms with van der Waals surface area (Å²) in [6.07, 6.45) is 1.90. The molecule has 3 rings (SSSR count). The van der Waals surface area contributed by atoms with Gasteiger partial charge in [-0.25, -0.2) is 4.68 Å². The van der Waals surface area contributed by atoms with Gasteiger partial charge in [0, 0.05) is 15.2 Å². The zero-order valence-corrected chi connectivity index (χ0v) is 12.6. The molecule has 4 heteroatoms. The first-order valence-corrected chi connectivity index (χ1v) is 7.48. The van der Waals surface area contributed by atoms with E-state index >= 15 is 0 Å². The third-order valence-electron chi connectivity index (χ3n) is 2.89. The van der Waals surface area contributed by atoms with Gasteiger partial charge in [-0.1, -0.05) is 50.1 Å². The van der Waals surface area contributed by atoms with Crippen molar-refractivity contribution < 1.29 is 0 Å². The van der Waals surface area contributed by atoms with Gasteiger partial charge in [0.25, 0.3) is 0 Å². The molecular weight excluding hydrogens is 356 g/mol. The highest BCUT2D eigenvalue weighted by molar-refractivity contribution is 9.10. The van der Waals surface area contributed by atoms with Crippen molar-refractivity contribution in [1.82, 2.24) is 9.78 Å². The van der Waals surface area contributed by atoms with Gasteiger partial charge in [0.1, 0.15) is 0 Å². The van der Waals surface area contributed by atoms with Gasteiger partial charge in [0.15, 0.2) is 0 Å². The number of hydrogen-bond donors (Lipinski definition) is 0. The van der Waals surface area contributed by atoms with Crippen molar-refractivity contribution in [3.05, 3.63) is 58.7 Å². The van der Waals surface area contributed by atoms with Gasteiger partial charge in [-0.3, -0.25) is 0 Å². The van der Waals surface area contributed by atoms with Crippen molar-refractivity contribution in [3.63, 3.8) is 0 Å². The molecule has 0 spiro atoms. The Hall–Kier alpha value is -1.13. The minimum atomic E-state index is 0.802. The summed E-state index contributed by atoms with van der Waals surface area (Å²) in [5.41, 5.74) is 3.44. The van der Waals surface area contributed by atoms with Crippen molar-refractivity contribution in [2.24, 2.45) is 0 Å². The van der Waals surface area contributed by atoms with Crippen LogP contribution in [0.15, 0.2) is 53.1 Å². The highest BCUT2D eigenvalue weighted by atomic mass is 79.9. The predicted molar refractivity (Wildman–Crippen MR) is 81.4 cm³/mol. The number of hydrogen-bond acceptors (Lipinski definition) is 1. The first kappa shape index (κ1) is 11.9. The van der Waals surface area contributed by atoms with E-state index in [1.807, 2.05) is 29.1 Å². The fourth-order valence-electron chi connectivity index (χ4n) is 2.03. The summed E-state index contributed by atoms with van der Waals surface area (Å²) in [6.45, 7) is 0. The smallest absolute Gasteiger partial charge is 0.0741 e. The summed E-state index contributed by atoms with van der Waals surface area (Å²) in [4.78, 5) is 0. The summed E-state index contributed by atoms with van der Waals surface area (Å²) in [5.74, 6) is 0. The summed E-state index contributed by atoms with van der Waals surface area (Å²) in [7, 11) is 0. The van der Waals surface area contributed by atoms with Crippen LogP contribution in [0.1, 0.15) is 5.56 Å². The lowest BCUT2D eigenvalue weighted by atomic mass is 10.2. The van der Waals surface area contributed by atoms with E-state index in [0.717, 1.165) is 26.4 Å². The first-order valence-electron chi connectivity index (χ1n) is 5.57. The fourth-order valence-corrected chi connectivity index (χ4v) is 2.89. The molecule has 0 unspecified atom stereocenters. The number of nitrogens with zero attached hydrogens (tertiary/aromatic N) is 2. The maximum atomic E-state index is 4.48. The number of aromatic nitrogens is 2. The quantitative estimate of drug-likeness (QED) is 0.602. The van der Waals surface area contributed by atoms with E-state index in [9.17, 15) is 0 Å². The molecule has 1 aromatic heterocycles. The molecule has 0 saturated carbocycles. The largest absolute Gasteiger partial charge is 0.233 e. The van der Waals surface area contributed by atoms with Gasteiger partial charge in [-0.2, -0.15) is 5.10 Å². The molecule has 1 heterocycles. The summed E-state index contributed by atoms with van der Waals surface area (Å²) in [5, 5.41) is 6.44. The lowest BCUT2D eigenvalue weighted by Crippen LogP contribution is -1.99. The first-order chi connectivity index (χ1) is 8.79. The Morgan fingerprint density at radius 3 is 2.78 bits per heavy atom. The molecule has 0 radical (unpaired) electrons. The molecule has 18 heavy (non-hydrogen) atoms. The normalized spacial score (nSPS) is 11.0. The Labute approximate surface area is 122 Å². The molecular formula is C14H10Br2N2. The Bertz CT molecular complexity index is 704. The number of para-hydroxylation sites is 1. The van der Waals surface area contributed by atoms with Crippen molar-refractivity contribution in [2.75, 3.05) is 0 Å². The molecule has 2 nitrogen and oxygen atoms in total. The van der Waals surface area contributed by atoms with Gasteiger partial charge < -0.3 is 0 Å². The van der Waals surface area contributed by atoms with Crippen LogP contribution in [0.4, 0.5) is 0 Å². The van der Waals surface area contributed by atoms with Gasteiger partial charge in [0.2, 0.25) is 0 Å². The van der Waals surface area contributed by atoms with E-state index in [-0.39, 0.29) is 0 Å². The lowest BCUT2D eigenvalue weighted by Gasteiger charge is -2.09. The van der Waals surface area contributed by atoms with Crippen LogP contribution >= 0.6 is 31.9 Å². The molecule has 0 amide bonds. The average Bonchev–Trinajstić information content (AvgIpc) is 2.82. The van der Waals surface area contributed by atoms with Gasteiger partial charge >= 0.3 is 0 Å².